The van der Waals surface area contributed by atoms with Crippen molar-refractivity contribution >= 4 is 5.71 Å². The molecule has 4 N–H and O–H groups in total. The van der Waals surface area contributed by atoms with Gasteiger partial charge < -0.3 is 20.8 Å². The molecule has 0 aromatic rings. The molecule has 3 aliphatic rings. The molecule has 37 heavy (non-hydrogen) atoms. The van der Waals surface area contributed by atoms with Crippen LogP contribution in [0, 0.1) is 23.7 Å². The van der Waals surface area contributed by atoms with Crippen LogP contribution in [0.5, 0.6) is 0 Å². The van der Waals surface area contributed by atoms with E-state index in [1.807, 2.05) is 0 Å². The molecule has 0 aromatic heterocycles. The fraction of sp³-hybridized carbons (Fsp3) is 0.844. The summed E-state index contributed by atoms with van der Waals surface area (Å²) in [6.07, 6.45) is 21.5. The minimum atomic E-state index is -1.20. The molecular formula is C32H57N3O2. The van der Waals surface area contributed by atoms with Crippen LogP contribution in [-0.2, 0) is 0 Å². The SMILES string of the molecule is CC=C(CC(CC(C)(C)N)N=C1CCC=CC(C)CC1)N1CC(CCC(O)O)CC(C2CCCCC2)C1. The first-order chi connectivity index (χ1) is 17.6. The van der Waals surface area contributed by atoms with Crippen LogP contribution in [0.15, 0.2) is 28.9 Å². The van der Waals surface area contributed by atoms with Crippen molar-refractivity contribution in [3.8, 4) is 0 Å². The van der Waals surface area contributed by atoms with Gasteiger partial charge in [0.05, 0.1) is 6.04 Å². The number of likely N-dealkylation sites (tertiary alicyclic amines) is 1. The Bertz CT molecular complexity index is 760. The number of hydrogen-bond acceptors (Lipinski definition) is 5. The molecule has 0 amide bonds. The average molecular weight is 516 g/mol. The maximum absolute atomic E-state index is 9.56. The lowest BCUT2D eigenvalue weighted by molar-refractivity contribution is -0.0518. The lowest BCUT2D eigenvalue weighted by Gasteiger charge is -2.45. The number of rotatable bonds is 10. The summed E-state index contributed by atoms with van der Waals surface area (Å²) in [7, 11) is 0. The number of nitrogens with zero attached hydrogens (tertiary/aromatic N) is 2. The molecule has 0 bridgehead atoms. The summed E-state index contributed by atoms with van der Waals surface area (Å²) in [5.41, 5.74) is 9.09. The van der Waals surface area contributed by atoms with Crippen molar-refractivity contribution in [3.63, 3.8) is 0 Å². The zero-order valence-electron chi connectivity index (χ0n) is 24.4. The normalized spacial score (nSPS) is 29.0. The predicted molar refractivity (Wildman–Crippen MR) is 156 cm³/mol. The summed E-state index contributed by atoms with van der Waals surface area (Å²) in [4.78, 5) is 8.05. The number of allylic oxidation sites excluding steroid dienone is 3. The van der Waals surface area contributed by atoms with E-state index in [9.17, 15) is 10.2 Å². The molecule has 0 aromatic carbocycles. The van der Waals surface area contributed by atoms with Gasteiger partial charge in [0.25, 0.3) is 0 Å². The van der Waals surface area contributed by atoms with Gasteiger partial charge in [-0.25, -0.2) is 0 Å². The van der Waals surface area contributed by atoms with Crippen molar-refractivity contribution in [2.24, 2.45) is 34.4 Å². The summed E-state index contributed by atoms with van der Waals surface area (Å²) in [6, 6.07) is 0.202. The van der Waals surface area contributed by atoms with Crippen molar-refractivity contribution in [2.75, 3.05) is 13.1 Å². The van der Waals surface area contributed by atoms with Gasteiger partial charge in [0, 0.05) is 36.5 Å². The molecular weight excluding hydrogens is 458 g/mol. The van der Waals surface area contributed by atoms with Gasteiger partial charge in [0.2, 0.25) is 0 Å². The van der Waals surface area contributed by atoms with E-state index in [1.54, 1.807) is 0 Å². The Morgan fingerprint density at radius 1 is 1.14 bits per heavy atom. The van der Waals surface area contributed by atoms with E-state index < -0.39 is 6.29 Å². The molecule has 1 heterocycles. The van der Waals surface area contributed by atoms with Crippen molar-refractivity contribution in [2.45, 2.75) is 135 Å². The number of nitrogens with two attached hydrogens (primary N) is 1. The number of aliphatic hydroxyl groups is 2. The van der Waals surface area contributed by atoms with E-state index in [-0.39, 0.29) is 11.6 Å². The van der Waals surface area contributed by atoms with Crippen LogP contribution in [0.25, 0.3) is 0 Å². The van der Waals surface area contributed by atoms with E-state index in [1.165, 1.54) is 56.4 Å². The van der Waals surface area contributed by atoms with Gasteiger partial charge in [-0.3, -0.25) is 4.99 Å². The van der Waals surface area contributed by atoms with Gasteiger partial charge in [-0.15, -0.1) is 0 Å². The lowest BCUT2D eigenvalue weighted by Crippen LogP contribution is -2.44. The van der Waals surface area contributed by atoms with Crippen LogP contribution in [0.4, 0.5) is 0 Å². The lowest BCUT2D eigenvalue weighted by atomic mass is 9.73. The molecule has 5 heteroatoms. The van der Waals surface area contributed by atoms with Gasteiger partial charge in [-0.2, -0.15) is 0 Å². The van der Waals surface area contributed by atoms with E-state index in [0.29, 0.717) is 24.2 Å². The van der Waals surface area contributed by atoms with Crippen LogP contribution in [0.3, 0.4) is 0 Å². The number of piperidine rings is 1. The fourth-order valence-corrected chi connectivity index (χ4v) is 7.04. The highest BCUT2D eigenvalue weighted by molar-refractivity contribution is 5.85. The van der Waals surface area contributed by atoms with Crippen molar-refractivity contribution in [1.29, 1.82) is 0 Å². The Morgan fingerprint density at radius 3 is 2.57 bits per heavy atom. The molecule has 4 unspecified atom stereocenters. The van der Waals surface area contributed by atoms with Gasteiger partial charge >= 0.3 is 0 Å². The second kappa shape index (κ2) is 14.8. The van der Waals surface area contributed by atoms with Gasteiger partial charge in [-0.1, -0.05) is 57.3 Å². The fourth-order valence-electron chi connectivity index (χ4n) is 7.04. The number of aliphatic imine (C=N–C) groups is 1. The summed E-state index contributed by atoms with van der Waals surface area (Å²) in [6.45, 7) is 10.9. The third-order valence-corrected chi connectivity index (χ3v) is 8.98. The van der Waals surface area contributed by atoms with Crippen LogP contribution in [0.1, 0.15) is 118 Å². The molecule has 1 aliphatic heterocycles. The highest BCUT2D eigenvalue weighted by atomic mass is 16.5. The predicted octanol–water partition coefficient (Wildman–Crippen LogP) is 6.59. The zero-order chi connectivity index (χ0) is 26.8. The largest absolute Gasteiger partial charge is 0.374 e. The summed E-state index contributed by atoms with van der Waals surface area (Å²) >= 11 is 0. The van der Waals surface area contributed by atoms with Gasteiger partial charge in [-0.05, 0) is 95.8 Å². The van der Waals surface area contributed by atoms with Crippen molar-refractivity contribution in [3.05, 3.63) is 23.9 Å². The number of aliphatic hydroxyl groups excluding tert-OH is 1. The molecule has 2 aliphatic carbocycles. The minimum Gasteiger partial charge on any atom is -0.374 e. The maximum Gasteiger partial charge on any atom is 0.151 e. The van der Waals surface area contributed by atoms with Crippen molar-refractivity contribution < 1.29 is 10.2 Å². The highest BCUT2D eigenvalue weighted by Gasteiger charge is 2.34. The molecule has 0 spiro atoms. The third kappa shape index (κ3) is 10.8. The zero-order valence-corrected chi connectivity index (χ0v) is 24.4. The average Bonchev–Trinajstić information content (AvgIpc) is 2.84. The molecule has 2 fully saturated rings. The molecule has 3 rings (SSSR count). The van der Waals surface area contributed by atoms with Crippen LogP contribution >= 0.6 is 0 Å². The topological polar surface area (TPSA) is 82.1 Å². The first-order valence-corrected chi connectivity index (χ1v) is 15.4. The Morgan fingerprint density at radius 2 is 1.89 bits per heavy atom. The Hall–Kier alpha value is -1.17. The monoisotopic (exact) mass is 515 g/mol. The summed E-state index contributed by atoms with van der Waals surface area (Å²) in [5, 5.41) is 19.1. The third-order valence-electron chi connectivity index (χ3n) is 8.98. The van der Waals surface area contributed by atoms with E-state index in [0.717, 1.165) is 57.5 Å². The minimum absolute atomic E-state index is 0.202. The molecule has 1 saturated heterocycles. The van der Waals surface area contributed by atoms with E-state index in [4.69, 9.17) is 10.7 Å². The molecule has 1 saturated carbocycles. The Balaban J connectivity index is 1.77. The maximum atomic E-state index is 9.56. The smallest absolute Gasteiger partial charge is 0.151 e. The standard InChI is InChI=1S/C32H57N3O2/c1-5-30(20-29(21-32(3,4)33)34-28-14-10-9-11-24(2)15-17-28)35-22-25(16-18-31(36)37)19-27(23-35)26-12-7-6-8-13-26/h5,9,11,24-27,29,31,36-37H,6-8,10,12-23,33H2,1-4H3. The first-order valence-electron chi connectivity index (χ1n) is 15.4. The van der Waals surface area contributed by atoms with Crippen LogP contribution < -0.4 is 5.73 Å². The molecule has 4 atom stereocenters. The van der Waals surface area contributed by atoms with Gasteiger partial charge in [0.15, 0.2) is 6.29 Å². The molecule has 212 valence electrons. The van der Waals surface area contributed by atoms with Crippen LogP contribution in [-0.4, -0.2) is 51.8 Å². The summed E-state index contributed by atoms with van der Waals surface area (Å²) in [5.74, 6) is 2.67. The second-order valence-electron chi connectivity index (χ2n) is 13.2. The Labute approximate surface area is 227 Å². The second-order valence-corrected chi connectivity index (χ2v) is 13.2. The Kier molecular flexibility index (Phi) is 12.2. The van der Waals surface area contributed by atoms with Gasteiger partial charge in [0.1, 0.15) is 0 Å². The molecule has 5 nitrogen and oxygen atoms in total. The highest BCUT2D eigenvalue weighted by Crippen LogP contribution is 2.39. The first kappa shape index (κ1) is 30.4. The van der Waals surface area contributed by atoms with Crippen molar-refractivity contribution in [1.82, 2.24) is 4.90 Å². The van der Waals surface area contributed by atoms with Crippen LogP contribution in [0.2, 0.25) is 0 Å². The van der Waals surface area contributed by atoms with E-state index >= 15 is 0 Å². The number of hydrogen-bond donors (Lipinski definition) is 3. The quantitative estimate of drug-likeness (QED) is 0.226. The van der Waals surface area contributed by atoms with E-state index in [2.05, 4.69) is 50.8 Å². The molecule has 0 radical (unpaired) electrons. The summed E-state index contributed by atoms with van der Waals surface area (Å²) < 4.78 is 0.